The Labute approximate surface area is 130 Å². The van der Waals surface area contributed by atoms with E-state index in [2.05, 4.69) is 15.8 Å². The summed E-state index contributed by atoms with van der Waals surface area (Å²) in [6.45, 7) is 1.85. The third kappa shape index (κ3) is 4.40. The number of hydrogen-bond acceptors (Lipinski definition) is 4. The van der Waals surface area contributed by atoms with Gasteiger partial charge in [0.1, 0.15) is 0 Å². The summed E-state index contributed by atoms with van der Waals surface area (Å²) in [5, 5.41) is 8.56. The lowest BCUT2D eigenvalue weighted by Gasteiger charge is -2.05. The topological polar surface area (TPSA) is 70.6 Å². The molecule has 1 aromatic carbocycles. The fourth-order valence-corrected chi connectivity index (χ4v) is 2.19. The number of nitrogens with one attached hydrogen (secondary N) is 2. The standard InChI is InChI=1S/C14H12ClN3O2S/c1-9-4-5-10(7-12(9)15)17-13(19)14(20)18-16-8-11-3-2-6-21-11/h2-8H,1H3,(H,17,19)(H,18,20)/b16-8+. The van der Waals surface area contributed by atoms with Crippen molar-refractivity contribution in [3.8, 4) is 0 Å². The van der Waals surface area contributed by atoms with Gasteiger partial charge in [-0.25, -0.2) is 5.43 Å². The van der Waals surface area contributed by atoms with E-state index in [0.717, 1.165) is 10.4 Å². The minimum atomic E-state index is -0.848. The monoisotopic (exact) mass is 321 g/mol. The van der Waals surface area contributed by atoms with Crippen molar-refractivity contribution in [3.63, 3.8) is 0 Å². The van der Waals surface area contributed by atoms with Crippen LogP contribution >= 0.6 is 22.9 Å². The molecule has 2 N–H and O–H groups in total. The molecule has 5 nitrogen and oxygen atoms in total. The Morgan fingerprint density at radius 1 is 1.29 bits per heavy atom. The molecule has 108 valence electrons. The Bertz CT molecular complexity index is 684. The molecule has 2 rings (SSSR count). The maximum absolute atomic E-state index is 11.7. The van der Waals surface area contributed by atoms with Gasteiger partial charge in [-0.1, -0.05) is 23.7 Å². The first-order valence-electron chi connectivity index (χ1n) is 6.00. The molecule has 2 amide bonds. The number of rotatable bonds is 3. The molecule has 0 spiro atoms. The van der Waals surface area contributed by atoms with Gasteiger partial charge in [-0.2, -0.15) is 5.10 Å². The van der Waals surface area contributed by atoms with E-state index >= 15 is 0 Å². The predicted octanol–water partition coefficient (Wildman–Crippen LogP) is 2.80. The van der Waals surface area contributed by atoms with E-state index in [1.807, 2.05) is 24.4 Å². The summed E-state index contributed by atoms with van der Waals surface area (Å²) < 4.78 is 0. The lowest BCUT2D eigenvalue weighted by atomic mass is 10.2. The van der Waals surface area contributed by atoms with Crippen molar-refractivity contribution >= 4 is 46.7 Å². The Hall–Kier alpha value is -2.18. The quantitative estimate of drug-likeness (QED) is 0.518. The zero-order chi connectivity index (χ0) is 15.2. The number of thiophene rings is 1. The number of hydrogen-bond donors (Lipinski definition) is 2. The van der Waals surface area contributed by atoms with Crippen LogP contribution in [0.25, 0.3) is 0 Å². The lowest BCUT2D eigenvalue weighted by Crippen LogP contribution is -2.32. The van der Waals surface area contributed by atoms with Gasteiger partial charge in [-0.3, -0.25) is 9.59 Å². The van der Waals surface area contributed by atoms with Gasteiger partial charge >= 0.3 is 11.8 Å². The van der Waals surface area contributed by atoms with Gasteiger partial charge in [0.2, 0.25) is 0 Å². The molecule has 2 aromatic rings. The van der Waals surface area contributed by atoms with Gasteiger partial charge < -0.3 is 5.32 Å². The van der Waals surface area contributed by atoms with E-state index in [4.69, 9.17) is 11.6 Å². The molecule has 1 heterocycles. The Balaban J connectivity index is 1.90. The summed E-state index contributed by atoms with van der Waals surface area (Å²) in [6, 6.07) is 8.71. The van der Waals surface area contributed by atoms with Crippen LogP contribution in [0.5, 0.6) is 0 Å². The van der Waals surface area contributed by atoms with Crippen molar-refractivity contribution in [2.24, 2.45) is 5.10 Å². The van der Waals surface area contributed by atoms with Crippen molar-refractivity contribution in [1.82, 2.24) is 5.43 Å². The second-order valence-corrected chi connectivity index (χ2v) is 5.52. The van der Waals surface area contributed by atoms with Gasteiger partial charge in [-0.05, 0) is 36.1 Å². The average Bonchev–Trinajstić information content (AvgIpc) is 2.96. The smallest absolute Gasteiger partial charge is 0.318 e. The molecule has 0 aliphatic carbocycles. The summed E-state index contributed by atoms with van der Waals surface area (Å²) >= 11 is 7.42. The fraction of sp³-hybridized carbons (Fsp3) is 0.0714. The molecular formula is C14H12ClN3O2S. The van der Waals surface area contributed by atoms with Crippen LogP contribution in [-0.4, -0.2) is 18.0 Å². The second-order valence-electron chi connectivity index (χ2n) is 4.13. The van der Waals surface area contributed by atoms with Crippen LogP contribution in [0.4, 0.5) is 5.69 Å². The highest BCUT2D eigenvalue weighted by atomic mass is 35.5. The Morgan fingerprint density at radius 2 is 2.10 bits per heavy atom. The van der Waals surface area contributed by atoms with Crippen molar-refractivity contribution in [3.05, 3.63) is 51.2 Å². The summed E-state index contributed by atoms with van der Waals surface area (Å²) in [5.41, 5.74) is 3.50. The zero-order valence-corrected chi connectivity index (χ0v) is 12.7. The SMILES string of the molecule is Cc1ccc(NC(=O)C(=O)N/N=C/c2cccs2)cc1Cl. The van der Waals surface area contributed by atoms with Gasteiger partial charge in [-0.15, -0.1) is 11.3 Å². The van der Waals surface area contributed by atoms with Crippen LogP contribution < -0.4 is 10.7 Å². The molecule has 0 aliphatic heterocycles. The minimum absolute atomic E-state index is 0.452. The van der Waals surface area contributed by atoms with Crippen LogP contribution in [0.1, 0.15) is 10.4 Å². The highest BCUT2D eigenvalue weighted by Crippen LogP contribution is 2.19. The molecule has 1 aromatic heterocycles. The minimum Gasteiger partial charge on any atom is -0.318 e. The third-order valence-electron chi connectivity index (χ3n) is 2.54. The number of carbonyl (C=O) groups excluding carboxylic acids is 2. The molecule has 0 saturated carbocycles. The number of hydrazone groups is 1. The van der Waals surface area contributed by atoms with Gasteiger partial charge in [0, 0.05) is 15.6 Å². The van der Waals surface area contributed by atoms with Crippen LogP contribution in [0.3, 0.4) is 0 Å². The molecule has 21 heavy (non-hydrogen) atoms. The number of benzene rings is 1. The third-order valence-corrected chi connectivity index (χ3v) is 3.75. The van der Waals surface area contributed by atoms with Crippen LogP contribution in [0.15, 0.2) is 40.8 Å². The molecule has 0 fully saturated rings. The van der Waals surface area contributed by atoms with Crippen molar-refractivity contribution in [1.29, 1.82) is 0 Å². The van der Waals surface area contributed by atoms with Crippen LogP contribution in [0.2, 0.25) is 5.02 Å². The number of aryl methyl sites for hydroxylation is 1. The molecule has 0 unspecified atom stereocenters. The summed E-state index contributed by atoms with van der Waals surface area (Å²) in [4.78, 5) is 24.1. The molecule has 7 heteroatoms. The van der Waals surface area contributed by atoms with Gasteiger partial charge in [0.05, 0.1) is 6.21 Å². The Kier molecular flexibility index (Phi) is 5.08. The maximum atomic E-state index is 11.7. The van der Waals surface area contributed by atoms with E-state index in [9.17, 15) is 9.59 Å². The largest absolute Gasteiger partial charge is 0.329 e. The van der Waals surface area contributed by atoms with Crippen molar-refractivity contribution in [2.75, 3.05) is 5.32 Å². The van der Waals surface area contributed by atoms with E-state index in [-0.39, 0.29) is 0 Å². The number of amides is 2. The normalized spacial score (nSPS) is 10.6. The number of anilines is 1. The van der Waals surface area contributed by atoms with Crippen LogP contribution in [-0.2, 0) is 9.59 Å². The van der Waals surface area contributed by atoms with Gasteiger partial charge in [0.25, 0.3) is 0 Å². The predicted molar refractivity (Wildman–Crippen MR) is 84.9 cm³/mol. The molecule has 0 radical (unpaired) electrons. The zero-order valence-electron chi connectivity index (χ0n) is 11.1. The first kappa shape index (κ1) is 15.2. The number of halogens is 1. The first-order chi connectivity index (χ1) is 10.1. The number of nitrogens with zero attached hydrogens (tertiary/aromatic N) is 1. The highest BCUT2D eigenvalue weighted by molar-refractivity contribution is 7.11. The van der Waals surface area contributed by atoms with Crippen molar-refractivity contribution < 1.29 is 9.59 Å². The Morgan fingerprint density at radius 3 is 2.76 bits per heavy atom. The van der Waals surface area contributed by atoms with E-state index < -0.39 is 11.8 Å². The molecule has 0 saturated heterocycles. The highest BCUT2D eigenvalue weighted by Gasteiger charge is 2.13. The average molecular weight is 322 g/mol. The molecule has 0 aliphatic rings. The van der Waals surface area contributed by atoms with E-state index in [0.29, 0.717) is 10.7 Å². The van der Waals surface area contributed by atoms with Crippen molar-refractivity contribution in [2.45, 2.75) is 6.92 Å². The fourth-order valence-electron chi connectivity index (χ4n) is 1.43. The van der Waals surface area contributed by atoms with E-state index in [1.54, 1.807) is 18.2 Å². The second kappa shape index (κ2) is 7.01. The molecule has 0 bridgehead atoms. The number of carbonyl (C=O) groups is 2. The first-order valence-corrected chi connectivity index (χ1v) is 7.26. The summed E-state index contributed by atoms with van der Waals surface area (Å²) in [5.74, 6) is -1.65. The van der Waals surface area contributed by atoms with Gasteiger partial charge in [0.15, 0.2) is 0 Å². The lowest BCUT2D eigenvalue weighted by molar-refractivity contribution is -0.136. The molecular weight excluding hydrogens is 310 g/mol. The van der Waals surface area contributed by atoms with Crippen LogP contribution in [0, 0.1) is 6.92 Å². The maximum Gasteiger partial charge on any atom is 0.329 e. The molecule has 0 atom stereocenters. The van der Waals surface area contributed by atoms with E-state index in [1.165, 1.54) is 17.6 Å². The summed E-state index contributed by atoms with van der Waals surface area (Å²) in [6.07, 6.45) is 1.47. The summed E-state index contributed by atoms with van der Waals surface area (Å²) in [7, 11) is 0.